The van der Waals surface area contributed by atoms with Gasteiger partial charge in [-0.15, -0.1) is 6.42 Å². The summed E-state index contributed by atoms with van der Waals surface area (Å²) in [6.07, 6.45) is 5.24. The van der Waals surface area contributed by atoms with Crippen LogP contribution in [0.25, 0.3) is 0 Å². The van der Waals surface area contributed by atoms with Gasteiger partial charge in [0.15, 0.2) is 0 Å². The maximum atomic E-state index is 12.2. The first kappa shape index (κ1) is 15.2. The van der Waals surface area contributed by atoms with E-state index in [2.05, 4.69) is 10.6 Å². The monoisotopic (exact) mass is 281 g/mol. The molecule has 19 heavy (non-hydrogen) atoms. The van der Waals surface area contributed by atoms with Gasteiger partial charge < -0.3 is 5.11 Å². The van der Waals surface area contributed by atoms with E-state index in [-0.39, 0.29) is 10.5 Å². The molecule has 0 atom stereocenters. The predicted octanol–water partition coefficient (Wildman–Crippen LogP) is 1.38. The highest BCUT2D eigenvalue weighted by Gasteiger charge is 2.26. The Morgan fingerprint density at radius 2 is 2.00 bits per heavy atom. The van der Waals surface area contributed by atoms with E-state index in [1.54, 1.807) is 20.8 Å². The summed E-state index contributed by atoms with van der Waals surface area (Å²) in [5.41, 5.74) is -0.695. The van der Waals surface area contributed by atoms with Crippen LogP contribution in [0.5, 0.6) is 0 Å². The lowest BCUT2D eigenvalue weighted by Crippen LogP contribution is -2.42. The minimum absolute atomic E-state index is 0.0873. The number of sulfonamides is 1. The van der Waals surface area contributed by atoms with Crippen molar-refractivity contribution in [2.45, 2.75) is 31.2 Å². The molecule has 6 heteroatoms. The second kappa shape index (κ2) is 5.03. The third kappa shape index (κ3) is 3.56. The molecule has 2 N–H and O–H groups in total. The van der Waals surface area contributed by atoms with E-state index in [0.717, 1.165) is 6.07 Å². The van der Waals surface area contributed by atoms with Gasteiger partial charge in [-0.2, -0.15) is 4.72 Å². The number of nitrogens with one attached hydrogen (secondary N) is 1. The number of hydrogen-bond acceptors (Lipinski definition) is 3. The summed E-state index contributed by atoms with van der Waals surface area (Å²) in [6.45, 7) is 4.67. The summed E-state index contributed by atoms with van der Waals surface area (Å²) >= 11 is 0. The summed E-state index contributed by atoms with van der Waals surface area (Å²) in [7, 11) is -3.87. The molecule has 0 saturated heterocycles. The number of benzene rings is 1. The molecule has 0 aliphatic carbocycles. The van der Waals surface area contributed by atoms with Crippen LogP contribution in [0.1, 0.15) is 29.8 Å². The highest BCUT2D eigenvalue weighted by molar-refractivity contribution is 7.89. The van der Waals surface area contributed by atoms with Gasteiger partial charge in [0.2, 0.25) is 10.0 Å². The van der Waals surface area contributed by atoms with Crippen molar-refractivity contribution < 1.29 is 18.3 Å². The van der Waals surface area contributed by atoms with Crippen LogP contribution >= 0.6 is 0 Å². The molecular formula is C13H15NO4S. The Balaban J connectivity index is 3.33. The molecule has 0 aliphatic rings. The van der Waals surface area contributed by atoms with Crippen LogP contribution in [0.4, 0.5) is 0 Å². The minimum Gasteiger partial charge on any atom is -0.478 e. The first-order chi connectivity index (χ1) is 8.59. The lowest BCUT2D eigenvalue weighted by atomic mass is 10.1. The Hall–Kier alpha value is -1.84. The summed E-state index contributed by atoms with van der Waals surface area (Å²) in [4.78, 5) is 10.8. The van der Waals surface area contributed by atoms with Crippen LogP contribution in [0.3, 0.4) is 0 Å². The van der Waals surface area contributed by atoms with Crippen molar-refractivity contribution in [2.24, 2.45) is 0 Å². The van der Waals surface area contributed by atoms with Crippen LogP contribution in [0, 0.1) is 19.3 Å². The van der Waals surface area contributed by atoms with Crippen molar-refractivity contribution in [3.05, 3.63) is 29.3 Å². The first-order valence-electron chi connectivity index (χ1n) is 5.45. The van der Waals surface area contributed by atoms with Crippen molar-refractivity contribution in [2.75, 3.05) is 0 Å². The number of carboxylic acid groups (broad SMARTS) is 1. The smallest absolute Gasteiger partial charge is 0.335 e. The highest BCUT2D eigenvalue weighted by atomic mass is 32.2. The minimum atomic E-state index is -3.87. The SMILES string of the molecule is C#CC(C)(C)NS(=O)(=O)c1cc(C(=O)O)ccc1C. The van der Waals surface area contributed by atoms with Crippen LogP contribution < -0.4 is 4.72 Å². The molecule has 0 heterocycles. The maximum absolute atomic E-state index is 12.2. The fourth-order valence-electron chi connectivity index (χ4n) is 1.44. The lowest BCUT2D eigenvalue weighted by Gasteiger charge is -2.20. The first-order valence-corrected chi connectivity index (χ1v) is 6.93. The molecular weight excluding hydrogens is 266 g/mol. The van der Waals surface area contributed by atoms with E-state index in [4.69, 9.17) is 11.5 Å². The average Bonchev–Trinajstić information content (AvgIpc) is 2.27. The van der Waals surface area contributed by atoms with Crippen LogP contribution in [0.15, 0.2) is 23.1 Å². The molecule has 0 radical (unpaired) electrons. The molecule has 0 saturated carbocycles. The van der Waals surface area contributed by atoms with E-state index >= 15 is 0 Å². The molecule has 0 spiro atoms. The maximum Gasteiger partial charge on any atom is 0.335 e. The second-order valence-electron chi connectivity index (χ2n) is 4.66. The van der Waals surface area contributed by atoms with Crippen LogP contribution in [0.2, 0.25) is 0 Å². The number of carbonyl (C=O) groups is 1. The molecule has 1 aromatic carbocycles. The van der Waals surface area contributed by atoms with E-state index < -0.39 is 21.5 Å². The highest BCUT2D eigenvalue weighted by Crippen LogP contribution is 2.19. The number of aromatic carboxylic acids is 1. The van der Waals surface area contributed by atoms with Gasteiger partial charge in [-0.3, -0.25) is 0 Å². The lowest BCUT2D eigenvalue weighted by molar-refractivity contribution is 0.0696. The van der Waals surface area contributed by atoms with Crippen LogP contribution in [-0.2, 0) is 10.0 Å². The summed E-state index contributed by atoms with van der Waals surface area (Å²) in [6, 6.07) is 3.91. The number of hydrogen-bond donors (Lipinski definition) is 2. The van der Waals surface area contributed by atoms with Crippen molar-refractivity contribution in [1.29, 1.82) is 0 Å². The molecule has 102 valence electrons. The summed E-state index contributed by atoms with van der Waals surface area (Å²) in [5, 5.41) is 8.90. The largest absolute Gasteiger partial charge is 0.478 e. The third-order valence-electron chi connectivity index (χ3n) is 2.47. The zero-order chi connectivity index (χ0) is 14.8. The van der Waals surface area contributed by atoms with E-state index in [9.17, 15) is 13.2 Å². The average molecular weight is 281 g/mol. The molecule has 1 rings (SSSR count). The number of rotatable bonds is 4. The second-order valence-corrected chi connectivity index (χ2v) is 6.31. The number of terminal acetylenes is 1. The standard InChI is InChI=1S/C13H15NO4S/c1-5-13(3,4)14-19(17,18)11-8-10(12(15)16)7-6-9(11)2/h1,6-8,14H,2-4H3,(H,15,16). The summed E-state index contributed by atoms with van der Waals surface area (Å²) < 4.78 is 26.8. The van der Waals surface area contributed by atoms with Gasteiger partial charge >= 0.3 is 5.97 Å². The molecule has 0 amide bonds. The third-order valence-corrected chi connectivity index (χ3v) is 4.27. The molecule has 0 fully saturated rings. The van der Waals surface area contributed by atoms with Gasteiger partial charge in [-0.1, -0.05) is 12.0 Å². The predicted molar refractivity (Wildman–Crippen MR) is 71.4 cm³/mol. The molecule has 0 bridgehead atoms. The normalized spacial score (nSPS) is 11.9. The zero-order valence-corrected chi connectivity index (χ0v) is 11.7. The Bertz CT molecular complexity index is 654. The summed E-state index contributed by atoms with van der Waals surface area (Å²) in [5.74, 6) is 1.13. The van der Waals surface area contributed by atoms with E-state index in [1.165, 1.54) is 12.1 Å². The fourth-order valence-corrected chi connectivity index (χ4v) is 3.06. The van der Waals surface area contributed by atoms with Crippen molar-refractivity contribution in [3.63, 3.8) is 0 Å². The van der Waals surface area contributed by atoms with Gasteiger partial charge in [0, 0.05) is 0 Å². The quantitative estimate of drug-likeness (QED) is 0.817. The van der Waals surface area contributed by atoms with E-state index in [1.807, 2.05) is 0 Å². The van der Waals surface area contributed by atoms with Gasteiger partial charge in [0.1, 0.15) is 0 Å². The Kier molecular flexibility index (Phi) is 4.03. The van der Waals surface area contributed by atoms with Gasteiger partial charge in [0.25, 0.3) is 0 Å². The Morgan fingerprint density at radius 3 is 2.47 bits per heavy atom. The Morgan fingerprint density at radius 1 is 1.42 bits per heavy atom. The van der Waals surface area contributed by atoms with Crippen molar-refractivity contribution in [3.8, 4) is 12.3 Å². The number of carboxylic acids is 1. The molecule has 0 unspecified atom stereocenters. The topological polar surface area (TPSA) is 83.5 Å². The van der Waals surface area contributed by atoms with Gasteiger partial charge in [-0.05, 0) is 38.5 Å². The molecule has 1 aromatic rings. The van der Waals surface area contributed by atoms with Crippen molar-refractivity contribution >= 4 is 16.0 Å². The van der Waals surface area contributed by atoms with Gasteiger partial charge in [-0.25, -0.2) is 13.2 Å². The molecule has 5 nitrogen and oxygen atoms in total. The van der Waals surface area contributed by atoms with E-state index in [0.29, 0.717) is 5.56 Å². The van der Waals surface area contributed by atoms with Crippen molar-refractivity contribution in [1.82, 2.24) is 4.72 Å². The number of aryl methyl sites for hydroxylation is 1. The fraction of sp³-hybridized carbons (Fsp3) is 0.308. The molecule has 0 aliphatic heterocycles. The Labute approximate surface area is 112 Å². The zero-order valence-electron chi connectivity index (χ0n) is 10.9. The molecule has 0 aromatic heterocycles. The van der Waals surface area contributed by atoms with Gasteiger partial charge in [0.05, 0.1) is 16.0 Å². The van der Waals surface area contributed by atoms with Crippen LogP contribution in [-0.4, -0.2) is 25.0 Å².